The summed E-state index contributed by atoms with van der Waals surface area (Å²) in [6.07, 6.45) is -0.472. The van der Waals surface area contributed by atoms with E-state index in [4.69, 9.17) is 9.05 Å². The van der Waals surface area contributed by atoms with Gasteiger partial charge < -0.3 is 29.7 Å². The summed E-state index contributed by atoms with van der Waals surface area (Å²) in [4.78, 5) is 32.1. The largest absolute Gasteiger partial charge is 0.440 e. The van der Waals surface area contributed by atoms with Crippen LogP contribution in [-0.2, 0) is 9.05 Å². The molecule has 122 valence electrons. The molecule has 1 saturated heterocycles. The van der Waals surface area contributed by atoms with Gasteiger partial charge in [-0.25, -0.2) is 9.59 Å². The fourth-order valence-corrected chi connectivity index (χ4v) is 2.15. The van der Waals surface area contributed by atoms with E-state index in [0.717, 1.165) is 19.5 Å². The third kappa shape index (κ3) is 8.50. The molecular formula is C8H20B2N6O4P2. The lowest BCUT2D eigenvalue weighted by atomic mass is 10.1. The molecule has 0 aromatic heterocycles. The second-order valence-corrected chi connectivity index (χ2v) is 6.10. The molecular weight excluding hydrogens is 328 g/mol. The summed E-state index contributed by atoms with van der Waals surface area (Å²) in [5.74, 6) is 0.432. The van der Waals surface area contributed by atoms with E-state index in [0.29, 0.717) is 12.5 Å². The smallest absolute Gasteiger partial charge is 0.416 e. The van der Waals surface area contributed by atoms with Crippen LogP contribution in [0, 0.1) is 5.92 Å². The number of nitrogens with one attached hydrogen (secondary N) is 5. The molecule has 5 N–H and O–H groups in total. The molecule has 0 radical (unpaired) electrons. The Morgan fingerprint density at radius 1 is 1.27 bits per heavy atom. The molecule has 3 atom stereocenters. The average molecular weight is 348 g/mol. The van der Waals surface area contributed by atoms with Crippen molar-refractivity contribution in [2.45, 2.75) is 6.42 Å². The fraction of sp³-hybridized carbons (Fsp3) is 0.625. The quantitative estimate of drug-likeness (QED) is 0.157. The minimum atomic E-state index is -0.795. The van der Waals surface area contributed by atoms with Gasteiger partial charge in [0, 0.05) is 6.54 Å². The highest BCUT2D eigenvalue weighted by Crippen LogP contribution is 2.07. The van der Waals surface area contributed by atoms with E-state index in [-0.39, 0.29) is 23.9 Å². The second kappa shape index (κ2) is 11.6. The van der Waals surface area contributed by atoms with Crippen molar-refractivity contribution in [1.82, 2.24) is 25.9 Å². The summed E-state index contributed by atoms with van der Waals surface area (Å²) in [5, 5.41) is 8.56. The predicted octanol–water partition coefficient (Wildman–Crippen LogP) is -2.30. The summed E-state index contributed by atoms with van der Waals surface area (Å²) >= 11 is 0. The molecule has 10 nitrogen and oxygen atoms in total. The van der Waals surface area contributed by atoms with E-state index in [1.165, 1.54) is 0 Å². The Kier molecular flexibility index (Phi) is 10.1. The maximum Gasteiger partial charge on any atom is 0.440 e. The monoisotopic (exact) mass is 348 g/mol. The van der Waals surface area contributed by atoms with Crippen LogP contribution in [0.5, 0.6) is 0 Å². The van der Waals surface area contributed by atoms with Crippen molar-refractivity contribution in [2.24, 2.45) is 10.9 Å². The van der Waals surface area contributed by atoms with Crippen LogP contribution in [0.25, 0.3) is 0 Å². The van der Waals surface area contributed by atoms with Crippen LogP contribution in [0.15, 0.2) is 4.99 Å². The third-order valence-corrected chi connectivity index (χ3v) is 3.60. The number of guanidine groups is 1. The van der Waals surface area contributed by atoms with Crippen LogP contribution in [0.1, 0.15) is 6.42 Å². The van der Waals surface area contributed by atoms with Crippen molar-refractivity contribution >= 4 is 52.0 Å². The molecule has 1 fully saturated rings. The van der Waals surface area contributed by atoms with Gasteiger partial charge in [-0.3, -0.25) is 5.32 Å². The number of rotatable bonds is 6. The van der Waals surface area contributed by atoms with Crippen molar-refractivity contribution in [3.63, 3.8) is 0 Å². The minimum absolute atomic E-state index is 0.0173. The average Bonchev–Trinajstić information content (AvgIpc) is 3.02. The van der Waals surface area contributed by atoms with Crippen molar-refractivity contribution in [2.75, 3.05) is 19.6 Å². The SMILES string of the molecule is BNPOC(=O)/N=C(\NC[C@H]1CCNC1)NC(=O)OPNB. The van der Waals surface area contributed by atoms with E-state index < -0.39 is 12.2 Å². The topological polar surface area (TPSA) is 125 Å². The molecule has 0 bridgehead atoms. The first-order chi connectivity index (χ1) is 10.7. The van der Waals surface area contributed by atoms with Crippen molar-refractivity contribution in [3.05, 3.63) is 0 Å². The molecule has 1 heterocycles. The number of hydrogen-bond acceptors (Lipinski definition) is 7. The number of hydrogen-bond donors (Lipinski definition) is 5. The Balaban J connectivity index is 2.51. The number of nitrogens with zero attached hydrogens (tertiary/aromatic N) is 1. The molecule has 0 spiro atoms. The molecule has 1 aliphatic rings. The van der Waals surface area contributed by atoms with Crippen LogP contribution in [-0.4, -0.2) is 53.7 Å². The van der Waals surface area contributed by atoms with Gasteiger partial charge in [-0.15, -0.1) is 4.99 Å². The van der Waals surface area contributed by atoms with E-state index in [1.807, 2.05) is 0 Å². The molecule has 0 saturated carbocycles. The van der Waals surface area contributed by atoms with Gasteiger partial charge in [0.1, 0.15) is 17.9 Å². The Hall–Kier alpha value is -0.920. The Morgan fingerprint density at radius 3 is 2.64 bits per heavy atom. The predicted molar refractivity (Wildman–Crippen MR) is 92.5 cm³/mol. The molecule has 0 aromatic carbocycles. The van der Waals surface area contributed by atoms with E-state index in [1.54, 1.807) is 16.0 Å². The van der Waals surface area contributed by atoms with E-state index in [2.05, 4.69) is 30.9 Å². The van der Waals surface area contributed by atoms with Crippen LogP contribution in [0.2, 0.25) is 0 Å². The highest BCUT2D eigenvalue weighted by molar-refractivity contribution is 7.32. The number of amides is 2. The highest BCUT2D eigenvalue weighted by atomic mass is 31.1. The molecule has 2 unspecified atom stereocenters. The fourth-order valence-electron chi connectivity index (χ4n) is 1.67. The second-order valence-electron chi connectivity index (χ2n) is 4.29. The van der Waals surface area contributed by atoms with Crippen LogP contribution < -0.4 is 25.9 Å². The normalized spacial score (nSPS) is 18.9. The standard InChI is InChI=1S/C8H20B2N6O4P2/c9-15-21-19-7(17)13-6(14-8(18)20-22-16-10)12-4-5-1-2-11-3-5/h5,11,15-16,21-22H,1-4,9-10H2,(H2,12,13,14,17,18)/t5-/m0/s1. The van der Waals surface area contributed by atoms with Crippen LogP contribution in [0.3, 0.4) is 0 Å². The maximum atomic E-state index is 11.5. The van der Waals surface area contributed by atoms with Gasteiger partial charge in [-0.05, 0) is 25.4 Å². The first-order valence-corrected chi connectivity index (χ1v) is 8.52. The summed E-state index contributed by atoms with van der Waals surface area (Å²) in [7, 11) is 2.92. The van der Waals surface area contributed by atoms with Gasteiger partial charge in [0.25, 0.3) is 0 Å². The van der Waals surface area contributed by atoms with Crippen LogP contribution >= 0.6 is 17.9 Å². The van der Waals surface area contributed by atoms with Gasteiger partial charge in [-0.2, -0.15) is 0 Å². The summed E-state index contributed by atoms with van der Waals surface area (Å²) in [6.45, 7) is 2.43. The number of aliphatic imine (C=N–C) groups is 1. The van der Waals surface area contributed by atoms with Crippen molar-refractivity contribution in [3.8, 4) is 0 Å². The number of carbonyl (C=O) groups is 2. The lowest BCUT2D eigenvalue weighted by Crippen LogP contribution is -2.43. The zero-order chi connectivity index (χ0) is 16.2. The summed E-state index contributed by atoms with van der Waals surface area (Å²) in [6, 6.07) is 0. The van der Waals surface area contributed by atoms with Crippen LogP contribution in [0.4, 0.5) is 9.59 Å². The Bertz CT molecular complexity index is 399. The molecule has 22 heavy (non-hydrogen) atoms. The van der Waals surface area contributed by atoms with Crippen molar-refractivity contribution in [1.29, 1.82) is 0 Å². The molecule has 0 aromatic rings. The van der Waals surface area contributed by atoms with Gasteiger partial charge in [0.05, 0.1) is 0 Å². The van der Waals surface area contributed by atoms with Gasteiger partial charge in [0.15, 0.2) is 16.0 Å². The lowest BCUT2D eigenvalue weighted by molar-refractivity contribution is 0.211. The first kappa shape index (κ1) is 19.1. The van der Waals surface area contributed by atoms with Gasteiger partial charge in [0.2, 0.25) is 5.96 Å². The third-order valence-electron chi connectivity index (χ3n) is 2.63. The number of carbonyl (C=O) groups excluding carboxylic acids is 2. The van der Waals surface area contributed by atoms with Gasteiger partial charge >= 0.3 is 12.2 Å². The Morgan fingerprint density at radius 2 is 2.00 bits per heavy atom. The first-order valence-electron chi connectivity index (χ1n) is 6.71. The zero-order valence-electron chi connectivity index (χ0n) is 12.5. The molecule has 0 aliphatic carbocycles. The zero-order valence-corrected chi connectivity index (χ0v) is 14.5. The van der Waals surface area contributed by atoms with Crippen molar-refractivity contribution < 1.29 is 18.6 Å². The van der Waals surface area contributed by atoms with E-state index >= 15 is 0 Å². The highest BCUT2D eigenvalue weighted by Gasteiger charge is 2.16. The summed E-state index contributed by atoms with van der Waals surface area (Å²) in [5.41, 5.74) is 0. The molecule has 2 amide bonds. The minimum Gasteiger partial charge on any atom is -0.416 e. The van der Waals surface area contributed by atoms with E-state index in [9.17, 15) is 9.59 Å². The summed E-state index contributed by atoms with van der Waals surface area (Å²) < 4.78 is 9.62. The Labute approximate surface area is 134 Å². The lowest BCUT2D eigenvalue weighted by Gasteiger charge is -2.14. The maximum absolute atomic E-state index is 11.5. The van der Waals surface area contributed by atoms with Gasteiger partial charge in [-0.1, -0.05) is 0 Å². The molecule has 14 heteroatoms. The molecule has 1 rings (SSSR count). The molecule has 1 aliphatic heterocycles.